The third kappa shape index (κ3) is 4.67. The number of piperidine rings is 1. The molecule has 1 aromatic carbocycles. The fourth-order valence-corrected chi connectivity index (χ4v) is 3.32. The molecule has 0 radical (unpaired) electrons. The molecule has 0 atom stereocenters. The van der Waals surface area contributed by atoms with E-state index in [9.17, 15) is 4.79 Å². The van der Waals surface area contributed by atoms with E-state index < -0.39 is 0 Å². The summed E-state index contributed by atoms with van der Waals surface area (Å²) in [5.41, 5.74) is 2.60. The quantitative estimate of drug-likeness (QED) is 0.684. The number of nitrogens with one attached hydrogen (secondary N) is 1. The Bertz CT molecular complexity index is 560. The number of amides is 2. The second kappa shape index (κ2) is 8.09. The molecule has 4 nitrogen and oxygen atoms in total. The van der Waals surface area contributed by atoms with Crippen molar-refractivity contribution in [3.63, 3.8) is 0 Å². The zero-order valence-electron chi connectivity index (χ0n) is 13.3. The van der Waals surface area contributed by atoms with Gasteiger partial charge in [0.2, 0.25) is 0 Å². The molecule has 5 heteroatoms. The Kier molecular flexibility index (Phi) is 6.14. The van der Waals surface area contributed by atoms with Crippen molar-refractivity contribution in [3.05, 3.63) is 29.3 Å². The monoisotopic (exact) mass is 317 g/mol. The van der Waals surface area contributed by atoms with Crippen LogP contribution in [-0.2, 0) is 0 Å². The lowest BCUT2D eigenvalue weighted by atomic mass is 9.99. The zero-order chi connectivity index (χ0) is 15.9. The predicted molar refractivity (Wildman–Crippen MR) is 89.9 cm³/mol. The molecule has 1 fully saturated rings. The maximum Gasteiger partial charge on any atom is 0.317 e. The largest absolute Gasteiger partial charge is 0.337 e. The van der Waals surface area contributed by atoms with Gasteiger partial charge >= 0.3 is 6.03 Å². The molecule has 1 aromatic rings. The Labute approximate surface area is 136 Å². The summed E-state index contributed by atoms with van der Waals surface area (Å²) in [7, 11) is 0. The summed E-state index contributed by atoms with van der Waals surface area (Å²) >= 11 is 1.76. The smallest absolute Gasteiger partial charge is 0.317 e. The van der Waals surface area contributed by atoms with E-state index >= 15 is 0 Å². The van der Waals surface area contributed by atoms with Gasteiger partial charge in [0.05, 0.1) is 6.07 Å². The summed E-state index contributed by atoms with van der Waals surface area (Å²) in [6.45, 7) is 6.27. The van der Waals surface area contributed by atoms with Crippen molar-refractivity contribution in [2.24, 2.45) is 5.92 Å². The van der Waals surface area contributed by atoms with Crippen molar-refractivity contribution in [1.29, 1.82) is 5.26 Å². The minimum Gasteiger partial charge on any atom is -0.337 e. The Balaban J connectivity index is 1.67. The Morgan fingerprint density at radius 3 is 2.73 bits per heavy atom. The summed E-state index contributed by atoms with van der Waals surface area (Å²) in [5.74, 6) is 0.979. The molecule has 1 N–H and O–H groups in total. The van der Waals surface area contributed by atoms with Gasteiger partial charge in [-0.2, -0.15) is 5.26 Å². The van der Waals surface area contributed by atoms with Gasteiger partial charge in [0.1, 0.15) is 0 Å². The lowest BCUT2D eigenvalue weighted by Crippen LogP contribution is -2.44. The van der Waals surface area contributed by atoms with Crippen LogP contribution in [0, 0.1) is 31.1 Å². The molecule has 118 valence electrons. The van der Waals surface area contributed by atoms with Crippen LogP contribution in [-0.4, -0.2) is 36.3 Å². The van der Waals surface area contributed by atoms with Gasteiger partial charge < -0.3 is 10.2 Å². The molecule has 0 aromatic heterocycles. The van der Waals surface area contributed by atoms with Crippen molar-refractivity contribution in [1.82, 2.24) is 10.2 Å². The number of nitriles is 1. The number of aryl methyl sites for hydroxylation is 2. The molecule has 0 saturated carbocycles. The predicted octanol–water partition coefficient (Wildman–Crippen LogP) is 3.34. The van der Waals surface area contributed by atoms with Crippen LogP contribution in [0.25, 0.3) is 0 Å². The highest BCUT2D eigenvalue weighted by atomic mass is 32.2. The van der Waals surface area contributed by atoms with E-state index in [4.69, 9.17) is 5.26 Å². The lowest BCUT2D eigenvalue weighted by molar-refractivity contribution is 0.179. The number of benzene rings is 1. The number of urea groups is 1. The summed E-state index contributed by atoms with van der Waals surface area (Å²) in [6.07, 6.45) is 1.59. The number of carbonyl (C=O) groups excluding carboxylic acids is 1. The van der Waals surface area contributed by atoms with Gasteiger partial charge in [0, 0.05) is 36.2 Å². The Morgan fingerprint density at radius 1 is 1.36 bits per heavy atom. The Hall–Kier alpha value is -1.67. The highest BCUT2D eigenvalue weighted by Gasteiger charge is 2.21. The first kappa shape index (κ1) is 16.7. The maximum atomic E-state index is 12.0. The van der Waals surface area contributed by atoms with Crippen LogP contribution < -0.4 is 5.32 Å². The van der Waals surface area contributed by atoms with Crippen LogP contribution in [0.4, 0.5) is 4.79 Å². The topological polar surface area (TPSA) is 56.1 Å². The van der Waals surface area contributed by atoms with Crippen LogP contribution in [0.2, 0.25) is 0 Å². The molecule has 1 aliphatic heterocycles. The van der Waals surface area contributed by atoms with Gasteiger partial charge in [-0.1, -0.05) is 6.07 Å². The molecule has 2 rings (SSSR count). The summed E-state index contributed by atoms with van der Waals surface area (Å²) < 4.78 is 0. The fourth-order valence-electron chi connectivity index (χ4n) is 2.45. The number of hydrogen-bond donors (Lipinski definition) is 1. The number of nitrogens with zero attached hydrogens (tertiary/aromatic N) is 2. The first-order valence-corrected chi connectivity index (χ1v) is 8.71. The van der Waals surface area contributed by atoms with E-state index in [0.29, 0.717) is 19.6 Å². The molecular weight excluding hydrogens is 294 g/mol. The molecule has 0 bridgehead atoms. The average Bonchev–Trinajstić information content (AvgIpc) is 2.54. The van der Waals surface area contributed by atoms with Crippen molar-refractivity contribution in [3.8, 4) is 6.07 Å². The van der Waals surface area contributed by atoms with Crippen LogP contribution in [0.5, 0.6) is 0 Å². The van der Waals surface area contributed by atoms with E-state index in [-0.39, 0.29) is 11.9 Å². The number of rotatable bonds is 4. The van der Waals surface area contributed by atoms with Crippen molar-refractivity contribution < 1.29 is 4.79 Å². The number of carbonyl (C=O) groups is 1. The zero-order valence-corrected chi connectivity index (χ0v) is 14.1. The van der Waals surface area contributed by atoms with Gasteiger partial charge in [-0.25, -0.2) is 4.79 Å². The van der Waals surface area contributed by atoms with Crippen molar-refractivity contribution in [2.45, 2.75) is 31.6 Å². The molecule has 1 heterocycles. The molecule has 0 unspecified atom stereocenters. The van der Waals surface area contributed by atoms with Crippen LogP contribution >= 0.6 is 11.8 Å². The molecule has 2 amide bonds. The number of thioether (sulfide) groups is 1. The average molecular weight is 317 g/mol. The van der Waals surface area contributed by atoms with Crippen LogP contribution in [0.15, 0.2) is 23.1 Å². The van der Waals surface area contributed by atoms with Gasteiger partial charge in [0.25, 0.3) is 0 Å². The van der Waals surface area contributed by atoms with Gasteiger partial charge in [-0.3, -0.25) is 0 Å². The normalized spacial score (nSPS) is 15.4. The second-order valence-electron chi connectivity index (χ2n) is 5.72. The highest BCUT2D eigenvalue weighted by molar-refractivity contribution is 7.99. The van der Waals surface area contributed by atoms with Crippen molar-refractivity contribution in [2.75, 3.05) is 25.4 Å². The van der Waals surface area contributed by atoms with Crippen LogP contribution in [0.3, 0.4) is 0 Å². The van der Waals surface area contributed by atoms with E-state index in [1.807, 2.05) is 4.90 Å². The Morgan fingerprint density at radius 2 is 2.09 bits per heavy atom. The van der Waals surface area contributed by atoms with E-state index in [1.165, 1.54) is 16.0 Å². The highest BCUT2D eigenvalue weighted by Crippen LogP contribution is 2.20. The van der Waals surface area contributed by atoms with Crippen LogP contribution in [0.1, 0.15) is 24.0 Å². The molecule has 1 saturated heterocycles. The van der Waals surface area contributed by atoms with E-state index in [1.54, 1.807) is 11.8 Å². The maximum absolute atomic E-state index is 12.0. The standard InChI is InChI=1S/C17H23N3OS/c1-13-3-4-16(11-14(13)2)22-10-7-19-17(21)20-8-5-15(12-18)6-9-20/h3-4,11,15H,5-10H2,1-2H3,(H,19,21). The summed E-state index contributed by atoms with van der Waals surface area (Å²) in [4.78, 5) is 15.1. The minimum absolute atomic E-state index is 0.00271. The molecule has 1 aliphatic rings. The summed E-state index contributed by atoms with van der Waals surface area (Å²) in [5, 5.41) is 11.8. The lowest BCUT2D eigenvalue weighted by Gasteiger charge is -2.29. The first-order valence-electron chi connectivity index (χ1n) is 7.72. The molecule has 22 heavy (non-hydrogen) atoms. The molecular formula is C17H23N3OS. The van der Waals surface area contributed by atoms with E-state index in [0.717, 1.165) is 18.6 Å². The number of hydrogen-bond acceptors (Lipinski definition) is 3. The van der Waals surface area contributed by atoms with Gasteiger partial charge in [-0.05, 0) is 49.9 Å². The van der Waals surface area contributed by atoms with Gasteiger partial charge in [0.15, 0.2) is 0 Å². The first-order chi connectivity index (χ1) is 10.6. The van der Waals surface area contributed by atoms with E-state index in [2.05, 4.69) is 43.4 Å². The van der Waals surface area contributed by atoms with Gasteiger partial charge in [-0.15, -0.1) is 11.8 Å². The SMILES string of the molecule is Cc1ccc(SCCNC(=O)N2CCC(C#N)CC2)cc1C. The number of likely N-dealkylation sites (tertiary alicyclic amines) is 1. The second-order valence-corrected chi connectivity index (χ2v) is 6.89. The van der Waals surface area contributed by atoms with Crippen molar-refractivity contribution >= 4 is 17.8 Å². The third-order valence-electron chi connectivity index (χ3n) is 4.09. The fraction of sp³-hybridized carbons (Fsp3) is 0.529. The third-order valence-corrected chi connectivity index (χ3v) is 5.09. The molecule has 0 aliphatic carbocycles. The molecule has 0 spiro atoms. The minimum atomic E-state index is -0.00271. The summed E-state index contributed by atoms with van der Waals surface area (Å²) in [6, 6.07) is 8.73.